The Morgan fingerprint density at radius 3 is 1.83 bits per heavy atom. The van der Waals surface area contributed by atoms with Crippen LogP contribution in [0.3, 0.4) is 0 Å². The minimum Gasteiger partial charge on any atom is -0.455 e. The summed E-state index contributed by atoms with van der Waals surface area (Å²) in [4.78, 5) is 2.40. The third kappa shape index (κ3) is 6.11. The Kier molecular flexibility index (Phi) is 9.19. The van der Waals surface area contributed by atoms with Crippen LogP contribution in [-0.4, -0.2) is 0 Å². The molecule has 1 heterocycles. The molecule has 1 aliphatic carbocycles. The second-order valence-corrected chi connectivity index (χ2v) is 15.8. The molecule has 1 aliphatic rings. The van der Waals surface area contributed by atoms with Crippen molar-refractivity contribution in [2.75, 3.05) is 4.90 Å². The summed E-state index contributed by atoms with van der Waals surface area (Å²) in [6.07, 6.45) is 5.32. The number of nitrogens with zero attached hydrogens (tertiary/aromatic N) is 1. The first-order chi connectivity index (χ1) is 29.0. The molecule has 59 heavy (non-hydrogen) atoms. The van der Waals surface area contributed by atoms with E-state index in [9.17, 15) is 0 Å². The van der Waals surface area contributed by atoms with Gasteiger partial charge in [-0.3, -0.25) is 0 Å². The number of benzene rings is 8. The lowest BCUT2D eigenvalue weighted by atomic mass is 9.67. The van der Waals surface area contributed by atoms with Crippen LogP contribution in [0.1, 0.15) is 48.1 Å². The van der Waals surface area contributed by atoms with Crippen LogP contribution in [0.5, 0.6) is 0 Å². The Morgan fingerprint density at radius 2 is 1.17 bits per heavy atom. The summed E-state index contributed by atoms with van der Waals surface area (Å²) in [5.74, 6) is 0.436. The van der Waals surface area contributed by atoms with Crippen molar-refractivity contribution in [2.24, 2.45) is 5.92 Å². The van der Waals surface area contributed by atoms with Crippen molar-refractivity contribution in [3.8, 4) is 22.3 Å². The molecule has 0 N–H and O–H groups in total. The maximum Gasteiger partial charge on any atom is 0.143 e. The van der Waals surface area contributed by atoms with Gasteiger partial charge in [0.25, 0.3) is 0 Å². The number of fused-ring (bicyclic) bond motifs is 7. The highest BCUT2D eigenvalue weighted by Gasteiger charge is 2.47. The van der Waals surface area contributed by atoms with Crippen LogP contribution in [0.2, 0.25) is 0 Å². The van der Waals surface area contributed by atoms with E-state index in [4.69, 9.17) is 4.42 Å². The lowest BCUT2D eigenvalue weighted by molar-refractivity contribution is 0.669. The van der Waals surface area contributed by atoms with Crippen molar-refractivity contribution in [1.29, 1.82) is 0 Å². The van der Waals surface area contributed by atoms with E-state index in [0.717, 1.165) is 51.0 Å². The van der Waals surface area contributed by atoms with Gasteiger partial charge >= 0.3 is 0 Å². The Morgan fingerprint density at radius 1 is 0.593 bits per heavy atom. The Bertz CT molecular complexity index is 2940. The first-order valence-corrected chi connectivity index (χ1v) is 20.6. The second kappa shape index (κ2) is 15.0. The molecule has 0 saturated carbocycles. The molecule has 1 aromatic heterocycles. The Hall–Kier alpha value is -7.16. The van der Waals surface area contributed by atoms with Gasteiger partial charge in [0.05, 0.1) is 5.41 Å². The van der Waals surface area contributed by atoms with Crippen molar-refractivity contribution in [3.63, 3.8) is 0 Å². The normalized spacial score (nSPS) is 13.6. The van der Waals surface area contributed by atoms with Crippen molar-refractivity contribution in [3.05, 3.63) is 241 Å². The van der Waals surface area contributed by atoms with E-state index in [2.05, 4.69) is 226 Å². The number of furan rings is 1. The largest absolute Gasteiger partial charge is 0.455 e. The predicted octanol–water partition coefficient (Wildman–Crippen LogP) is 15.7. The smallest absolute Gasteiger partial charge is 0.143 e. The standard InChI is InChI=1S/C57H45NO/c1-4-39(2)24-25-40(3)41-26-30-46(31-27-41)58(47-32-28-43(29-33-47)42-16-8-5-9-17-42)48-34-35-51-53(38-48)57(44-18-10-6-11-19-44,45-20-12-7-13-21-45)52-37-36-50-49-22-14-15-23-54(49)59-56(50)55(51)52/h4-23,25-39H,1,24H2,2-3H3/b40-25+/t39-/m0/s1. The van der Waals surface area contributed by atoms with Crippen LogP contribution in [0.25, 0.3) is 49.8 Å². The fraction of sp³-hybridized carbons (Fsp3) is 0.0877. The van der Waals surface area contributed by atoms with E-state index in [1.165, 1.54) is 50.1 Å². The van der Waals surface area contributed by atoms with Crippen molar-refractivity contribution < 1.29 is 4.42 Å². The molecule has 2 heteroatoms. The van der Waals surface area contributed by atoms with Gasteiger partial charge in [-0.15, -0.1) is 6.58 Å². The maximum absolute atomic E-state index is 6.83. The monoisotopic (exact) mass is 759 g/mol. The summed E-state index contributed by atoms with van der Waals surface area (Å²) in [5.41, 5.74) is 16.6. The average Bonchev–Trinajstić information content (AvgIpc) is 3.83. The lowest BCUT2D eigenvalue weighted by Gasteiger charge is -2.35. The number of rotatable bonds is 10. The summed E-state index contributed by atoms with van der Waals surface area (Å²) in [6.45, 7) is 8.39. The molecule has 0 fully saturated rings. The summed E-state index contributed by atoms with van der Waals surface area (Å²) in [6, 6.07) is 70.7. The van der Waals surface area contributed by atoms with Gasteiger partial charge < -0.3 is 9.32 Å². The van der Waals surface area contributed by atoms with E-state index in [0.29, 0.717) is 5.92 Å². The molecular weight excluding hydrogens is 715 g/mol. The number of anilines is 3. The SMILES string of the molecule is C=C[C@H](C)C/C=C(\C)c1ccc(N(c2ccc(-c3ccccc3)cc2)c2ccc3c(c2)C(c2ccccc2)(c2ccccc2)c2ccc4c(oc5ccccc54)c2-3)cc1. The van der Waals surface area contributed by atoms with E-state index in [1.807, 2.05) is 6.08 Å². The highest BCUT2D eigenvalue weighted by molar-refractivity contribution is 6.12. The number of hydrogen-bond donors (Lipinski definition) is 0. The highest BCUT2D eigenvalue weighted by atomic mass is 16.3. The zero-order valence-electron chi connectivity index (χ0n) is 33.5. The first kappa shape index (κ1) is 36.2. The van der Waals surface area contributed by atoms with Gasteiger partial charge in [0.15, 0.2) is 0 Å². The van der Waals surface area contributed by atoms with Gasteiger partial charge in [-0.25, -0.2) is 0 Å². The van der Waals surface area contributed by atoms with Gasteiger partial charge in [0, 0.05) is 33.4 Å². The molecule has 0 saturated heterocycles. The summed E-state index contributed by atoms with van der Waals surface area (Å²) < 4.78 is 6.83. The highest BCUT2D eigenvalue weighted by Crippen LogP contribution is 2.59. The van der Waals surface area contributed by atoms with Crippen molar-refractivity contribution in [1.82, 2.24) is 0 Å². The van der Waals surface area contributed by atoms with E-state index in [1.54, 1.807) is 0 Å². The molecule has 0 amide bonds. The fourth-order valence-electron chi connectivity index (χ4n) is 9.21. The Labute approximate surface area is 347 Å². The Balaban J connectivity index is 1.21. The third-order valence-electron chi connectivity index (χ3n) is 12.3. The predicted molar refractivity (Wildman–Crippen MR) is 249 cm³/mol. The van der Waals surface area contributed by atoms with Crippen LogP contribution in [-0.2, 0) is 5.41 Å². The first-order valence-electron chi connectivity index (χ1n) is 20.6. The molecule has 0 bridgehead atoms. The molecule has 9 aromatic rings. The molecule has 2 nitrogen and oxygen atoms in total. The average molecular weight is 760 g/mol. The minimum absolute atomic E-state index is 0.436. The van der Waals surface area contributed by atoms with Crippen molar-refractivity contribution >= 4 is 44.6 Å². The van der Waals surface area contributed by atoms with Crippen LogP contribution in [0.4, 0.5) is 17.1 Å². The van der Waals surface area contributed by atoms with Gasteiger partial charge in [0.2, 0.25) is 0 Å². The summed E-state index contributed by atoms with van der Waals surface area (Å²) in [5, 5.41) is 2.27. The van der Waals surface area contributed by atoms with Crippen molar-refractivity contribution in [2.45, 2.75) is 25.7 Å². The van der Waals surface area contributed by atoms with Crippen LogP contribution < -0.4 is 4.90 Å². The number of hydrogen-bond acceptors (Lipinski definition) is 2. The molecule has 0 unspecified atom stereocenters. The molecule has 8 aromatic carbocycles. The fourth-order valence-corrected chi connectivity index (χ4v) is 9.21. The summed E-state index contributed by atoms with van der Waals surface area (Å²) >= 11 is 0. The lowest BCUT2D eigenvalue weighted by Crippen LogP contribution is -2.28. The summed E-state index contributed by atoms with van der Waals surface area (Å²) in [7, 11) is 0. The van der Waals surface area contributed by atoms with Gasteiger partial charge in [-0.1, -0.05) is 171 Å². The maximum atomic E-state index is 6.83. The quantitative estimate of drug-likeness (QED) is 0.129. The van der Waals surface area contributed by atoms with Crippen LogP contribution >= 0.6 is 0 Å². The van der Waals surface area contributed by atoms with E-state index in [-0.39, 0.29) is 0 Å². The van der Waals surface area contributed by atoms with E-state index < -0.39 is 5.41 Å². The van der Waals surface area contributed by atoms with Gasteiger partial charge in [0.1, 0.15) is 11.2 Å². The molecule has 0 radical (unpaired) electrons. The molecule has 0 aliphatic heterocycles. The molecule has 10 rings (SSSR count). The topological polar surface area (TPSA) is 16.4 Å². The zero-order chi connectivity index (χ0) is 39.9. The van der Waals surface area contributed by atoms with Crippen LogP contribution in [0, 0.1) is 5.92 Å². The minimum atomic E-state index is -0.604. The second-order valence-electron chi connectivity index (χ2n) is 15.8. The molecule has 0 spiro atoms. The zero-order valence-corrected chi connectivity index (χ0v) is 33.5. The van der Waals surface area contributed by atoms with Gasteiger partial charge in [-0.05, 0) is 112 Å². The molecule has 284 valence electrons. The molecular formula is C57H45NO. The molecule has 1 atom stereocenters. The van der Waals surface area contributed by atoms with Crippen LogP contribution in [0.15, 0.2) is 217 Å². The number of para-hydroxylation sites is 1. The number of allylic oxidation sites excluding steroid dienone is 3. The van der Waals surface area contributed by atoms with Gasteiger partial charge in [-0.2, -0.15) is 0 Å². The van der Waals surface area contributed by atoms with E-state index >= 15 is 0 Å². The third-order valence-corrected chi connectivity index (χ3v) is 12.3.